The van der Waals surface area contributed by atoms with Gasteiger partial charge in [-0.3, -0.25) is 9.80 Å². The third-order valence-corrected chi connectivity index (χ3v) is 5.18. The van der Waals surface area contributed by atoms with E-state index in [1.54, 1.807) is 0 Å². The van der Waals surface area contributed by atoms with E-state index in [1.807, 2.05) is 30.3 Å². The van der Waals surface area contributed by atoms with Crippen LogP contribution in [0.15, 0.2) is 34.9 Å². The number of imidazole rings is 1. The largest absolute Gasteiger partial charge is 0.339 e. The maximum atomic E-state index is 9.74. The van der Waals surface area contributed by atoms with Crippen molar-refractivity contribution in [1.29, 1.82) is 5.26 Å². The zero-order valence-electron chi connectivity index (χ0n) is 14.0. The summed E-state index contributed by atoms with van der Waals surface area (Å²) in [5, 5.41) is 9.74. The van der Waals surface area contributed by atoms with Crippen LogP contribution in [0.1, 0.15) is 25.6 Å². The molecule has 1 fully saturated rings. The average molecular weight is 388 g/mol. The predicted octanol–water partition coefficient (Wildman–Crippen LogP) is 3.43. The Bertz CT molecular complexity index is 711. The number of piperazine rings is 1. The predicted molar refractivity (Wildman–Crippen MR) is 98.4 cm³/mol. The van der Waals surface area contributed by atoms with Crippen molar-refractivity contribution in [3.8, 4) is 17.5 Å². The molecule has 0 radical (unpaired) electrons. The van der Waals surface area contributed by atoms with Gasteiger partial charge in [-0.15, -0.1) is 0 Å². The SMILES string of the molecule is CC(C)N1CCN(C(C#N)c2[nH]c(-c3ccccc3)nc2Br)CC1. The maximum Gasteiger partial charge on any atom is 0.141 e. The van der Waals surface area contributed by atoms with Gasteiger partial charge >= 0.3 is 0 Å². The first-order valence-electron chi connectivity index (χ1n) is 8.28. The minimum atomic E-state index is -0.307. The minimum absolute atomic E-state index is 0.307. The molecule has 24 heavy (non-hydrogen) atoms. The monoisotopic (exact) mass is 387 g/mol. The Morgan fingerprint density at radius 2 is 1.75 bits per heavy atom. The molecule has 0 saturated carbocycles. The summed E-state index contributed by atoms with van der Waals surface area (Å²) in [5.74, 6) is 0.790. The summed E-state index contributed by atoms with van der Waals surface area (Å²) in [7, 11) is 0. The first-order chi connectivity index (χ1) is 11.6. The number of benzene rings is 1. The second kappa shape index (κ2) is 7.47. The normalized spacial score (nSPS) is 17.8. The second-order valence-corrected chi connectivity index (χ2v) is 7.10. The molecule has 1 unspecified atom stereocenters. The fourth-order valence-electron chi connectivity index (χ4n) is 3.12. The molecule has 1 N–H and O–H groups in total. The van der Waals surface area contributed by atoms with Gasteiger partial charge in [-0.05, 0) is 29.8 Å². The van der Waals surface area contributed by atoms with Crippen LogP contribution in [0.2, 0.25) is 0 Å². The highest BCUT2D eigenvalue weighted by Gasteiger charge is 2.29. The van der Waals surface area contributed by atoms with Crippen LogP contribution in [0.5, 0.6) is 0 Å². The highest BCUT2D eigenvalue weighted by molar-refractivity contribution is 9.10. The van der Waals surface area contributed by atoms with E-state index < -0.39 is 0 Å². The summed E-state index contributed by atoms with van der Waals surface area (Å²) in [6.45, 7) is 8.20. The van der Waals surface area contributed by atoms with E-state index in [1.165, 1.54) is 0 Å². The zero-order chi connectivity index (χ0) is 17.1. The van der Waals surface area contributed by atoms with Gasteiger partial charge < -0.3 is 4.98 Å². The Morgan fingerprint density at radius 3 is 2.33 bits per heavy atom. The zero-order valence-corrected chi connectivity index (χ0v) is 15.6. The second-order valence-electron chi connectivity index (χ2n) is 6.35. The average Bonchev–Trinajstić information content (AvgIpc) is 2.99. The summed E-state index contributed by atoms with van der Waals surface area (Å²) in [5.41, 5.74) is 1.86. The van der Waals surface area contributed by atoms with Crippen LogP contribution >= 0.6 is 15.9 Å². The molecule has 0 spiro atoms. The van der Waals surface area contributed by atoms with Crippen molar-refractivity contribution < 1.29 is 0 Å². The van der Waals surface area contributed by atoms with Crippen LogP contribution in [0.25, 0.3) is 11.4 Å². The number of hydrogen-bond acceptors (Lipinski definition) is 4. The molecular formula is C18H22BrN5. The molecule has 1 aliphatic rings. The molecule has 2 heterocycles. The standard InChI is InChI=1S/C18H22BrN5/c1-13(2)23-8-10-24(11-9-23)15(12-20)16-17(19)22-18(21-16)14-6-4-3-5-7-14/h3-7,13,15H,8-11H2,1-2H3,(H,21,22). The maximum absolute atomic E-state index is 9.74. The third kappa shape index (κ3) is 3.54. The highest BCUT2D eigenvalue weighted by Crippen LogP contribution is 2.29. The van der Waals surface area contributed by atoms with Crippen molar-refractivity contribution in [2.75, 3.05) is 26.2 Å². The van der Waals surface area contributed by atoms with Crippen LogP contribution < -0.4 is 0 Å². The molecular weight excluding hydrogens is 366 g/mol. The number of nitriles is 1. The summed E-state index contributed by atoms with van der Waals surface area (Å²) < 4.78 is 0.721. The number of halogens is 1. The fourth-order valence-corrected chi connectivity index (χ4v) is 3.61. The van der Waals surface area contributed by atoms with Crippen molar-refractivity contribution in [1.82, 2.24) is 19.8 Å². The molecule has 6 heteroatoms. The number of aromatic nitrogens is 2. The number of hydrogen-bond donors (Lipinski definition) is 1. The quantitative estimate of drug-likeness (QED) is 0.872. The fraction of sp³-hybridized carbons (Fsp3) is 0.444. The van der Waals surface area contributed by atoms with Crippen LogP contribution in [-0.4, -0.2) is 52.0 Å². The van der Waals surface area contributed by atoms with E-state index in [4.69, 9.17) is 0 Å². The topological polar surface area (TPSA) is 59.0 Å². The van der Waals surface area contributed by atoms with Crippen molar-refractivity contribution in [3.63, 3.8) is 0 Å². The molecule has 1 aromatic heterocycles. The Hall–Kier alpha value is -1.68. The van der Waals surface area contributed by atoms with Crippen LogP contribution in [0.3, 0.4) is 0 Å². The first kappa shape index (κ1) is 17.2. The number of nitrogens with one attached hydrogen (secondary N) is 1. The van der Waals surface area contributed by atoms with Gasteiger partial charge in [0, 0.05) is 37.8 Å². The van der Waals surface area contributed by atoms with Crippen LogP contribution in [-0.2, 0) is 0 Å². The first-order valence-corrected chi connectivity index (χ1v) is 9.08. The molecule has 0 amide bonds. The lowest BCUT2D eigenvalue weighted by atomic mass is 10.1. The molecule has 1 saturated heterocycles. The number of H-pyrrole nitrogens is 1. The minimum Gasteiger partial charge on any atom is -0.339 e. The van der Waals surface area contributed by atoms with Gasteiger partial charge in [0.1, 0.15) is 16.5 Å². The summed E-state index contributed by atoms with van der Waals surface area (Å²) >= 11 is 3.53. The molecule has 2 aromatic rings. The van der Waals surface area contributed by atoms with Crippen LogP contribution in [0.4, 0.5) is 0 Å². The molecule has 126 valence electrons. The van der Waals surface area contributed by atoms with Crippen molar-refractivity contribution in [2.24, 2.45) is 0 Å². The van der Waals surface area contributed by atoms with Gasteiger partial charge in [-0.25, -0.2) is 4.98 Å². The van der Waals surface area contributed by atoms with E-state index >= 15 is 0 Å². The van der Waals surface area contributed by atoms with Crippen molar-refractivity contribution in [3.05, 3.63) is 40.6 Å². The summed E-state index contributed by atoms with van der Waals surface area (Å²) in [6, 6.07) is 12.7. The molecule has 3 rings (SSSR count). The smallest absolute Gasteiger partial charge is 0.141 e. The Labute approximate surface area is 151 Å². The summed E-state index contributed by atoms with van der Waals surface area (Å²) in [4.78, 5) is 12.6. The van der Waals surface area contributed by atoms with E-state index in [9.17, 15) is 5.26 Å². The Kier molecular flexibility index (Phi) is 5.34. The van der Waals surface area contributed by atoms with Gasteiger partial charge in [-0.2, -0.15) is 5.26 Å². The third-order valence-electron chi connectivity index (χ3n) is 4.57. The van der Waals surface area contributed by atoms with E-state index in [-0.39, 0.29) is 6.04 Å². The number of aromatic amines is 1. The van der Waals surface area contributed by atoms with Gasteiger partial charge in [0.2, 0.25) is 0 Å². The molecule has 1 atom stereocenters. The van der Waals surface area contributed by atoms with E-state index in [0.29, 0.717) is 6.04 Å². The molecule has 1 aliphatic heterocycles. The molecule has 0 aliphatic carbocycles. The summed E-state index contributed by atoms with van der Waals surface area (Å²) in [6.07, 6.45) is 0. The van der Waals surface area contributed by atoms with Crippen molar-refractivity contribution >= 4 is 15.9 Å². The van der Waals surface area contributed by atoms with E-state index in [2.05, 4.69) is 55.6 Å². The van der Waals surface area contributed by atoms with Gasteiger partial charge in [-0.1, -0.05) is 30.3 Å². The number of rotatable bonds is 4. The number of nitrogens with zero attached hydrogens (tertiary/aromatic N) is 4. The van der Waals surface area contributed by atoms with Crippen molar-refractivity contribution in [2.45, 2.75) is 25.9 Å². The lowest BCUT2D eigenvalue weighted by molar-refractivity contribution is 0.0921. The van der Waals surface area contributed by atoms with Gasteiger partial charge in [0.25, 0.3) is 0 Å². The molecule has 0 bridgehead atoms. The molecule has 5 nitrogen and oxygen atoms in total. The Balaban J connectivity index is 1.80. The van der Waals surface area contributed by atoms with Crippen LogP contribution in [0, 0.1) is 11.3 Å². The highest BCUT2D eigenvalue weighted by atomic mass is 79.9. The Morgan fingerprint density at radius 1 is 1.12 bits per heavy atom. The van der Waals surface area contributed by atoms with Gasteiger partial charge in [0.05, 0.1) is 11.8 Å². The van der Waals surface area contributed by atoms with E-state index in [0.717, 1.165) is 47.9 Å². The van der Waals surface area contributed by atoms with Gasteiger partial charge in [0.15, 0.2) is 0 Å². The lowest BCUT2D eigenvalue weighted by Gasteiger charge is -2.38. The molecule has 1 aromatic carbocycles. The lowest BCUT2D eigenvalue weighted by Crippen LogP contribution is -2.49.